The summed E-state index contributed by atoms with van der Waals surface area (Å²) in [6, 6.07) is 13.1. The first-order valence-corrected chi connectivity index (χ1v) is 11.1. The van der Waals surface area contributed by atoms with Crippen molar-refractivity contribution in [3.05, 3.63) is 81.0 Å². The minimum atomic E-state index is -1.19. The van der Waals surface area contributed by atoms with Crippen molar-refractivity contribution in [3.8, 4) is 0 Å². The van der Waals surface area contributed by atoms with Crippen LogP contribution in [0.5, 0.6) is 0 Å². The number of carboxylic acid groups (broad SMARTS) is 1. The number of thioether (sulfide) groups is 1. The van der Waals surface area contributed by atoms with Gasteiger partial charge in [-0.25, -0.2) is 14.2 Å². The summed E-state index contributed by atoms with van der Waals surface area (Å²) in [5.41, 5.74) is -0.169. The number of para-hydroxylation sites is 1. The van der Waals surface area contributed by atoms with Crippen molar-refractivity contribution in [3.63, 3.8) is 0 Å². The van der Waals surface area contributed by atoms with Crippen molar-refractivity contribution in [2.24, 2.45) is 0 Å². The van der Waals surface area contributed by atoms with Crippen LogP contribution in [0.15, 0.2) is 64.2 Å². The fourth-order valence-corrected chi connectivity index (χ4v) is 3.84. The number of carboxylic acids is 1. The lowest BCUT2D eigenvalue weighted by Crippen LogP contribution is -2.49. The molecule has 3 rings (SSSR count). The predicted octanol–water partition coefficient (Wildman–Crippen LogP) is 1.80. The average molecular weight is 442 g/mol. The second kappa shape index (κ2) is 10.1. The van der Waals surface area contributed by atoms with Crippen LogP contribution in [0, 0.1) is 0 Å². The van der Waals surface area contributed by atoms with Crippen molar-refractivity contribution < 1.29 is 14.7 Å². The average Bonchev–Trinajstić information content (AvgIpc) is 2.76. The van der Waals surface area contributed by atoms with E-state index in [0.717, 1.165) is 10.1 Å². The monoisotopic (exact) mass is 441 g/mol. The van der Waals surface area contributed by atoms with Crippen LogP contribution >= 0.6 is 11.8 Å². The molecular weight excluding hydrogens is 418 g/mol. The van der Waals surface area contributed by atoms with E-state index >= 15 is 0 Å². The van der Waals surface area contributed by atoms with Crippen molar-refractivity contribution in [1.82, 2.24) is 14.9 Å². The number of carbonyl (C=O) groups excluding carboxylic acids is 1. The first-order valence-electron chi connectivity index (χ1n) is 9.72. The number of aliphatic carboxylic acids is 1. The smallest absolute Gasteiger partial charge is 0.329 e. The van der Waals surface area contributed by atoms with E-state index in [4.69, 9.17) is 0 Å². The summed E-state index contributed by atoms with van der Waals surface area (Å²) < 4.78 is 0.884. The normalized spacial score (nSPS) is 12.9. The second-order valence-corrected chi connectivity index (χ2v) is 8.02. The zero-order valence-corrected chi connectivity index (χ0v) is 17.7. The summed E-state index contributed by atoms with van der Waals surface area (Å²) in [6.45, 7) is 0. The summed E-state index contributed by atoms with van der Waals surface area (Å²) in [7, 11) is 0. The summed E-state index contributed by atoms with van der Waals surface area (Å²) in [5.74, 6) is -1.37. The van der Waals surface area contributed by atoms with Crippen LogP contribution in [0.4, 0.5) is 0 Å². The number of aromatic amines is 1. The molecule has 0 saturated carbocycles. The SMILES string of the molecule is CSCC[C@H](C(=O)N[C@@H](Cc1ccccc1)C(=O)O)n1c(=O)[nH]c2ccccc2c1=O. The lowest BCUT2D eigenvalue weighted by Gasteiger charge is -2.22. The molecule has 3 aromatic rings. The highest BCUT2D eigenvalue weighted by molar-refractivity contribution is 7.98. The molecule has 31 heavy (non-hydrogen) atoms. The van der Waals surface area contributed by atoms with Crippen LogP contribution in [0.25, 0.3) is 10.9 Å². The number of H-pyrrole nitrogens is 1. The Labute approximate surface area is 182 Å². The van der Waals surface area contributed by atoms with Gasteiger partial charge in [-0.3, -0.25) is 9.59 Å². The topological polar surface area (TPSA) is 121 Å². The van der Waals surface area contributed by atoms with Gasteiger partial charge in [0.1, 0.15) is 12.1 Å². The van der Waals surface area contributed by atoms with Gasteiger partial charge in [0.25, 0.3) is 5.56 Å². The molecule has 1 amide bonds. The van der Waals surface area contributed by atoms with E-state index in [0.29, 0.717) is 11.3 Å². The van der Waals surface area contributed by atoms with E-state index < -0.39 is 35.2 Å². The van der Waals surface area contributed by atoms with E-state index in [1.165, 1.54) is 11.8 Å². The molecule has 0 saturated heterocycles. The molecule has 0 spiro atoms. The summed E-state index contributed by atoms with van der Waals surface area (Å²) >= 11 is 1.46. The standard InChI is InChI=1S/C22H23N3O5S/c1-31-12-11-18(25-20(27)15-9-5-6-10-16(15)24-22(25)30)19(26)23-17(21(28)29)13-14-7-3-2-4-8-14/h2-10,17-18H,11-13H2,1H3,(H,23,26)(H,24,30)(H,28,29)/t17-,18+/m0/s1. The number of nitrogens with zero attached hydrogens (tertiary/aromatic N) is 1. The van der Waals surface area contributed by atoms with Crippen LogP contribution in [0.1, 0.15) is 18.0 Å². The zero-order valence-electron chi connectivity index (χ0n) is 16.9. The lowest BCUT2D eigenvalue weighted by atomic mass is 10.1. The highest BCUT2D eigenvalue weighted by atomic mass is 32.2. The third-order valence-corrected chi connectivity index (χ3v) is 5.59. The minimum absolute atomic E-state index is 0.0835. The van der Waals surface area contributed by atoms with Crippen LogP contribution in [0.3, 0.4) is 0 Å². The number of carbonyl (C=O) groups is 2. The van der Waals surface area contributed by atoms with Gasteiger partial charge < -0.3 is 15.4 Å². The number of fused-ring (bicyclic) bond motifs is 1. The third-order valence-electron chi connectivity index (χ3n) is 4.94. The van der Waals surface area contributed by atoms with Gasteiger partial charge >= 0.3 is 11.7 Å². The Morgan fingerprint density at radius 1 is 1.10 bits per heavy atom. The van der Waals surface area contributed by atoms with Crippen molar-refractivity contribution >= 4 is 34.5 Å². The highest BCUT2D eigenvalue weighted by Crippen LogP contribution is 2.14. The molecule has 9 heteroatoms. The van der Waals surface area contributed by atoms with Gasteiger partial charge in [-0.15, -0.1) is 0 Å². The number of nitrogens with one attached hydrogen (secondary N) is 2. The van der Waals surface area contributed by atoms with Gasteiger partial charge in [-0.1, -0.05) is 42.5 Å². The van der Waals surface area contributed by atoms with Gasteiger partial charge in [-0.2, -0.15) is 11.8 Å². The Bertz CT molecular complexity index is 1190. The number of aromatic nitrogens is 2. The molecule has 8 nitrogen and oxygen atoms in total. The Hall–Kier alpha value is -3.33. The van der Waals surface area contributed by atoms with Crippen LogP contribution in [0.2, 0.25) is 0 Å². The lowest BCUT2D eigenvalue weighted by molar-refractivity contribution is -0.142. The van der Waals surface area contributed by atoms with Gasteiger partial charge in [0.2, 0.25) is 5.91 Å². The van der Waals surface area contributed by atoms with Crippen molar-refractivity contribution in [1.29, 1.82) is 0 Å². The Morgan fingerprint density at radius 3 is 2.45 bits per heavy atom. The molecule has 0 aliphatic carbocycles. The maximum absolute atomic E-state index is 13.1. The molecule has 0 unspecified atom stereocenters. The molecule has 0 aliphatic rings. The van der Waals surface area contributed by atoms with E-state index in [9.17, 15) is 24.3 Å². The van der Waals surface area contributed by atoms with Crippen LogP contribution < -0.4 is 16.6 Å². The molecule has 1 heterocycles. The molecule has 0 aliphatic heterocycles. The maximum Gasteiger partial charge on any atom is 0.329 e. The molecule has 162 valence electrons. The van der Waals surface area contributed by atoms with Gasteiger partial charge in [0, 0.05) is 6.42 Å². The van der Waals surface area contributed by atoms with Crippen molar-refractivity contribution in [2.75, 3.05) is 12.0 Å². The molecular formula is C22H23N3O5S. The van der Waals surface area contributed by atoms with E-state index in [2.05, 4.69) is 10.3 Å². The molecule has 2 aromatic carbocycles. The fraction of sp³-hybridized carbons (Fsp3) is 0.273. The number of hydrogen-bond donors (Lipinski definition) is 3. The number of rotatable bonds is 9. The fourth-order valence-electron chi connectivity index (χ4n) is 3.38. The van der Waals surface area contributed by atoms with Gasteiger partial charge in [0.05, 0.1) is 10.9 Å². The largest absolute Gasteiger partial charge is 0.480 e. The summed E-state index contributed by atoms with van der Waals surface area (Å²) in [5, 5.41) is 12.4. The van der Waals surface area contributed by atoms with E-state index in [1.807, 2.05) is 12.3 Å². The molecule has 3 N–H and O–H groups in total. The van der Waals surface area contributed by atoms with E-state index in [1.54, 1.807) is 48.5 Å². The third kappa shape index (κ3) is 5.24. The minimum Gasteiger partial charge on any atom is -0.480 e. The quantitative estimate of drug-likeness (QED) is 0.466. The van der Waals surface area contributed by atoms with Crippen molar-refractivity contribution in [2.45, 2.75) is 24.9 Å². The van der Waals surface area contributed by atoms with E-state index in [-0.39, 0.29) is 18.2 Å². The molecule has 0 radical (unpaired) electrons. The first-order chi connectivity index (χ1) is 14.9. The summed E-state index contributed by atoms with van der Waals surface area (Å²) in [4.78, 5) is 53.2. The molecule has 0 bridgehead atoms. The van der Waals surface area contributed by atoms with Gasteiger partial charge in [0.15, 0.2) is 0 Å². The highest BCUT2D eigenvalue weighted by Gasteiger charge is 2.29. The predicted molar refractivity (Wildman–Crippen MR) is 121 cm³/mol. The Kier molecular flexibility index (Phi) is 7.30. The first kappa shape index (κ1) is 22.4. The number of hydrogen-bond acceptors (Lipinski definition) is 5. The van der Waals surface area contributed by atoms with Crippen LogP contribution in [-0.4, -0.2) is 44.6 Å². The number of benzene rings is 2. The molecule has 1 aromatic heterocycles. The Morgan fingerprint density at radius 2 is 1.77 bits per heavy atom. The maximum atomic E-state index is 13.1. The molecule has 2 atom stereocenters. The Balaban J connectivity index is 1.96. The second-order valence-electron chi connectivity index (χ2n) is 7.04. The van der Waals surface area contributed by atoms with Crippen LogP contribution in [-0.2, 0) is 16.0 Å². The molecule has 0 fully saturated rings. The number of amides is 1. The summed E-state index contributed by atoms with van der Waals surface area (Å²) in [6.07, 6.45) is 2.13. The zero-order chi connectivity index (χ0) is 22.4. The van der Waals surface area contributed by atoms with Gasteiger partial charge in [-0.05, 0) is 36.1 Å².